The Morgan fingerprint density at radius 1 is 1.18 bits per heavy atom. The van der Waals surface area contributed by atoms with Crippen molar-refractivity contribution in [1.82, 2.24) is 4.90 Å². The molecule has 3 aliphatic carbocycles. The molecule has 0 radical (unpaired) electrons. The number of phenols is 1. The number of fused-ring (bicyclic) bond motifs is 5. The number of ether oxygens (including phenoxy) is 1. The van der Waals surface area contributed by atoms with Crippen LogP contribution in [0.25, 0.3) is 0 Å². The van der Waals surface area contributed by atoms with Crippen molar-refractivity contribution in [3.8, 4) is 5.75 Å². The van der Waals surface area contributed by atoms with E-state index in [2.05, 4.69) is 38.9 Å². The fraction of sp³-hybridized carbons (Fsp3) is 0.760. The van der Waals surface area contributed by atoms with Crippen LogP contribution >= 0.6 is 0 Å². The average molecular weight is 386 g/mol. The van der Waals surface area contributed by atoms with Gasteiger partial charge in [-0.2, -0.15) is 0 Å². The van der Waals surface area contributed by atoms with E-state index in [9.17, 15) is 5.11 Å². The summed E-state index contributed by atoms with van der Waals surface area (Å²) in [6.45, 7) is 7.86. The zero-order chi connectivity index (χ0) is 19.9. The van der Waals surface area contributed by atoms with Gasteiger partial charge in [-0.3, -0.25) is 0 Å². The zero-order valence-electron chi connectivity index (χ0n) is 18.3. The van der Waals surface area contributed by atoms with Crippen molar-refractivity contribution in [2.24, 2.45) is 29.1 Å². The van der Waals surface area contributed by atoms with Crippen LogP contribution in [0.1, 0.15) is 63.0 Å². The highest BCUT2D eigenvalue weighted by Crippen LogP contribution is 2.64. The topological polar surface area (TPSA) is 32.7 Å². The zero-order valence-corrected chi connectivity index (χ0v) is 18.3. The van der Waals surface area contributed by atoms with Crippen LogP contribution in [0.5, 0.6) is 5.75 Å². The Kier molecular flexibility index (Phi) is 5.77. The lowest BCUT2D eigenvalue weighted by Crippen LogP contribution is -2.45. The third kappa shape index (κ3) is 3.61. The van der Waals surface area contributed by atoms with Crippen molar-refractivity contribution in [2.75, 3.05) is 33.9 Å². The predicted octanol–water partition coefficient (Wildman–Crippen LogP) is 5.08. The van der Waals surface area contributed by atoms with Gasteiger partial charge in [0, 0.05) is 13.2 Å². The first-order valence-corrected chi connectivity index (χ1v) is 11.4. The highest BCUT2D eigenvalue weighted by Gasteiger charge is 2.55. The Hall–Kier alpha value is -1.06. The Bertz CT molecular complexity index is 687. The number of aromatic hydroxyl groups is 1. The summed E-state index contributed by atoms with van der Waals surface area (Å²) in [5.74, 6) is 4.35. The number of phenolic OH excluding ortho intramolecular Hbond substituents is 1. The van der Waals surface area contributed by atoms with Gasteiger partial charge >= 0.3 is 0 Å². The van der Waals surface area contributed by atoms with E-state index < -0.39 is 0 Å². The molecule has 3 aliphatic rings. The maximum atomic E-state index is 9.93. The second kappa shape index (κ2) is 7.99. The van der Waals surface area contributed by atoms with E-state index in [4.69, 9.17) is 4.74 Å². The van der Waals surface area contributed by atoms with Crippen LogP contribution in [0.15, 0.2) is 18.2 Å². The first kappa shape index (κ1) is 20.2. The van der Waals surface area contributed by atoms with Crippen LogP contribution in [-0.4, -0.2) is 43.9 Å². The minimum Gasteiger partial charge on any atom is -0.508 e. The fourth-order valence-corrected chi connectivity index (χ4v) is 7.12. The number of nitrogens with zero attached hydrogens (tertiary/aromatic N) is 1. The van der Waals surface area contributed by atoms with Crippen LogP contribution in [-0.2, 0) is 11.2 Å². The standard InChI is InChI=1S/C25H39NO2/c1-17-15-18-16-20(27)6-7-21(18)22-9-11-25(2)19(5-8-23(25)24(17)22)10-13-28-14-12-26(3)4/h6-7,16-17,19,22-24,27H,5,8-15H2,1-4H3/t17-,19?,22?,23?,24?,25?/m1/s1. The molecule has 1 N–H and O–H groups in total. The van der Waals surface area contributed by atoms with E-state index in [1.165, 1.54) is 37.7 Å². The summed E-state index contributed by atoms with van der Waals surface area (Å²) in [7, 11) is 4.21. The van der Waals surface area contributed by atoms with Crippen molar-refractivity contribution in [3.63, 3.8) is 0 Å². The number of likely N-dealkylation sites (N-methyl/N-ethyl adjacent to an activating group) is 1. The molecule has 4 rings (SSSR count). The quantitative estimate of drug-likeness (QED) is 0.693. The highest BCUT2D eigenvalue weighted by atomic mass is 16.5. The van der Waals surface area contributed by atoms with E-state index in [1.807, 2.05) is 12.1 Å². The Morgan fingerprint density at radius 2 is 2.00 bits per heavy atom. The lowest BCUT2D eigenvalue weighted by Gasteiger charge is -2.53. The lowest BCUT2D eigenvalue weighted by atomic mass is 9.51. The number of hydrogen-bond donors (Lipinski definition) is 1. The number of rotatable bonds is 6. The predicted molar refractivity (Wildman–Crippen MR) is 115 cm³/mol. The van der Waals surface area contributed by atoms with Crippen LogP contribution in [0, 0.1) is 29.1 Å². The molecule has 5 unspecified atom stereocenters. The highest BCUT2D eigenvalue weighted by molar-refractivity contribution is 5.40. The molecule has 2 saturated carbocycles. The molecule has 0 amide bonds. The lowest BCUT2D eigenvalue weighted by molar-refractivity contribution is -0.00478. The SMILES string of the molecule is C[C@@H]1Cc2cc(O)ccc2C2CCC3(C)C(CCOCCN(C)C)CCC3C21. The van der Waals surface area contributed by atoms with E-state index in [-0.39, 0.29) is 0 Å². The van der Waals surface area contributed by atoms with Gasteiger partial charge in [-0.25, -0.2) is 0 Å². The Balaban J connectivity index is 1.45. The Labute approximate surface area is 171 Å². The summed E-state index contributed by atoms with van der Waals surface area (Å²) in [6.07, 6.45) is 7.83. The molecule has 0 saturated heterocycles. The summed E-state index contributed by atoms with van der Waals surface area (Å²) >= 11 is 0. The number of benzene rings is 1. The molecule has 0 aromatic heterocycles. The van der Waals surface area contributed by atoms with E-state index >= 15 is 0 Å². The van der Waals surface area contributed by atoms with Crippen molar-refractivity contribution >= 4 is 0 Å². The van der Waals surface area contributed by atoms with Gasteiger partial charge in [-0.05, 0) is 111 Å². The molecular formula is C25H39NO2. The molecule has 1 aromatic carbocycles. The van der Waals surface area contributed by atoms with Crippen molar-refractivity contribution in [3.05, 3.63) is 29.3 Å². The van der Waals surface area contributed by atoms with Gasteiger partial charge < -0.3 is 14.7 Å². The summed E-state index contributed by atoms with van der Waals surface area (Å²) in [6, 6.07) is 6.16. The van der Waals surface area contributed by atoms with Crippen molar-refractivity contribution in [2.45, 2.75) is 58.3 Å². The van der Waals surface area contributed by atoms with Gasteiger partial charge in [-0.1, -0.05) is 19.9 Å². The molecule has 0 aliphatic heterocycles. The third-order valence-electron chi connectivity index (χ3n) is 8.55. The molecule has 6 atom stereocenters. The monoisotopic (exact) mass is 385 g/mol. The van der Waals surface area contributed by atoms with E-state index in [1.54, 1.807) is 5.56 Å². The minimum absolute atomic E-state index is 0.431. The second-order valence-electron chi connectivity index (χ2n) is 10.4. The van der Waals surface area contributed by atoms with Crippen molar-refractivity contribution in [1.29, 1.82) is 0 Å². The molecule has 3 nitrogen and oxygen atoms in total. The molecule has 0 heterocycles. The van der Waals surface area contributed by atoms with Gasteiger partial charge in [0.25, 0.3) is 0 Å². The van der Waals surface area contributed by atoms with Crippen molar-refractivity contribution < 1.29 is 9.84 Å². The van der Waals surface area contributed by atoms with Crippen LogP contribution in [0.2, 0.25) is 0 Å². The molecule has 0 bridgehead atoms. The molecule has 28 heavy (non-hydrogen) atoms. The molecule has 1 aromatic rings. The van der Waals surface area contributed by atoms with Gasteiger partial charge in [0.15, 0.2) is 0 Å². The normalized spacial score (nSPS) is 36.8. The fourth-order valence-electron chi connectivity index (χ4n) is 7.12. The molecule has 0 spiro atoms. The average Bonchev–Trinajstić information content (AvgIpc) is 2.97. The molecular weight excluding hydrogens is 346 g/mol. The van der Waals surface area contributed by atoms with Gasteiger partial charge in [0.1, 0.15) is 5.75 Å². The molecule has 3 heteroatoms. The molecule has 2 fully saturated rings. The summed E-state index contributed by atoms with van der Waals surface area (Å²) in [5, 5.41) is 9.93. The first-order chi connectivity index (χ1) is 13.4. The smallest absolute Gasteiger partial charge is 0.115 e. The van der Waals surface area contributed by atoms with Gasteiger partial charge in [0.2, 0.25) is 0 Å². The minimum atomic E-state index is 0.431. The summed E-state index contributed by atoms with van der Waals surface area (Å²) < 4.78 is 5.95. The largest absolute Gasteiger partial charge is 0.508 e. The molecule has 156 valence electrons. The maximum absolute atomic E-state index is 9.93. The maximum Gasteiger partial charge on any atom is 0.115 e. The second-order valence-corrected chi connectivity index (χ2v) is 10.4. The van der Waals surface area contributed by atoms with Crippen LogP contribution < -0.4 is 0 Å². The Morgan fingerprint density at radius 3 is 2.79 bits per heavy atom. The van der Waals surface area contributed by atoms with Crippen LogP contribution in [0.4, 0.5) is 0 Å². The van der Waals surface area contributed by atoms with Gasteiger partial charge in [0.05, 0.1) is 6.61 Å². The third-order valence-corrected chi connectivity index (χ3v) is 8.55. The first-order valence-electron chi connectivity index (χ1n) is 11.4. The summed E-state index contributed by atoms with van der Waals surface area (Å²) in [4.78, 5) is 2.19. The van der Waals surface area contributed by atoms with E-state index in [0.717, 1.165) is 49.9 Å². The van der Waals surface area contributed by atoms with E-state index in [0.29, 0.717) is 17.1 Å². The summed E-state index contributed by atoms with van der Waals surface area (Å²) in [5.41, 5.74) is 3.44. The number of hydrogen-bond acceptors (Lipinski definition) is 3. The van der Waals surface area contributed by atoms with Crippen LogP contribution in [0.3, 0.4) is 0 Å². The van der Waals surface area contributed by atoms with Gasteiger partial charge in [-0.15, -0.1) is 0 Å².